The molecule has 1 aromatic carbocycles. The smallest absolute Gasteiger partial charge is 0.261 e. The highest BCUT2D eigenvalue weighted by Gasteiger charge is 2.21. The Bertz CT molecular complexity index is 1180. The van der Waals surface area contributed by atoms with Crippen molar-refractivity contribution in [2.24, 2.45) is 7.05 Å². The molecule has 3 aromatic heterocycles. The molecule has 8 heteroatoms. The summed E-state index contributed by atoms with van der Waals surface area (Å²) in [6, 6.07) is 5.25. The maximum atomic E-state index is 12.8. The van der Waals surface area contributed by atoms with Gasteiger partial charge < -0.3 is 0 Å². The number of benzene rings is 1. The van der Waals surface area contributed by atoms with Gasteiger partial charge in [-0.15, -0.1) is 5.10 Å². The Morgan fingerprint density at radius 3 is 2.64 bits per heavy atom. The van der Waals surface area contributed by atoms with Crippen molar-refractivity contribution < 1.29 is 0 Å². The fourth-order valence-corrected chi connectivity index (χ4v) is 3.03. The zero-order chi connectivity index (χ0) is 17.9. The van der Waals surface area contributed by atoms with Gasteiger partial charge in [-0.1, -0.05) is 37.6 Å². The molecular weight excluding hydrogens is 340 g/mol. The number of halogens is 1. The summed E-state index contributed by atoms with van der Waals surface area (Å²) in [7, 11) is 1.71. The van der Waals surface area contributed by atoms with Crippen molar-refractivity contribution >= 4 is 28.2 Å². The van der Waals surface area contributed by atoms with Gasteiger partial charge in [0, 0.05) is 17.5 Å². The van der Waals surface area contributed by atoms with Crippen molar-refractivity contribution in [2.75, 3.05) is 0 Å². The lowest BCUT2D eigenvalue weighted by Crippen LogP contribution is -2.20. The SMILES string of the molecule is Cn1c(=O)c2cc(Cl)ccc2n2cnc(-n3cc(C(C)(C)C)nn3)c12. The van der Waals surface area contributed by atoms with Crippen LogP contribution in [-0.2, 0) is 12.5 Å². The molecule has 7 nitrogen and oxygen atoms in total. The number of hydrogen-bond acceptors (Lipinski definition) is 4. The molecule has 0 unspecified atom stereocenters. The quantitative estimate of drug-likeness (QED) is 0.526. The normalized spacial score (nSPS) is 12.4. The number of fused-ring (bicyclic) bond motifs is 3. The zero-order valence-electron chi connectivity index (χ0n) is 14.4. The van der Waals surface area contributed by atoms with Crippen molar-refractivity contribution in [1.29, 1.82) is 0 Å². The third-order valence-corrected chi connectivity index (χ3v) is 4.51. The summed E-state index contributed by atoms with van der Waals surface area (Å²) in [5.41, 5.74) is 1.99. The first-order valence-corrected chi connectivity index (χ1v) is 8.23. The summed E-state index contributed by atoms with van der Waals surface area (Å²) in [5.74, 6) is 0.555. The predicted molar refractivity (Wildman–Crippen MR) is 96.6 cm³/mol. The lowest BCUT2D eigenvalue weighted by atomic mass is 9.93. The van der Waals surface area contributed by atoms with Crippen LogP contribution in [0.25, 0.3) is 22.4 Å². The van der Waals surface area contributed by atoms with Gasteiger partial charge in [-0.2, -0.15) is 4.68 Å². The molecule has 0 aliphatic rings. The molecular formula is C17H17ClN6O. The second-order valence-corrected chi connectivity index (χ2v) is 7.52. The molecule has 0 atom stereocenters. The Morgan fingerprint density at radius 1 is 1.20 bits per heavy atom. The van der Waals surface area contributed by atoms with E-state index in [1.807, 2.05) is 16.7 Å². The molecule has 25 heavy (non-hydrogen) atoms. The molecule has 0 amide bonds. The number of rotatable bonds is 1. The number of imidazole rings is 1. The molecule has 0 saturated heterocycles. The summed E-state index contributed by atoms with van der Waals surface area (Å²) >= 11 is 6.05. The molecule has 128 valence electrons. The van der Waals surface area contributed by atoms with Crippen molar-refractivity contribution in [3.05, 3.63) is 51.8 Å². The van der Waals surface area contributed by atoms with Gasteiger partial charge >= 0.3 is 0 Å². The van der Waals surface area contributed by atoms with Gasteiger partial charge in [0.25, 0.3) is 5.56 Å². The average molecular weight is 357 g/mol. The van der Waals surface area contributed by atoms with Crippen LogP contribution in [0.15, 0.2) is 35.5 Å². The first-order valence-electron chi connectivity index (χ1n) is 7.86. The highest BCUT2D eigenvalue weighted by molar-refractivity contribution is 6.31. The van der Waals surface area contributed by atoms with Crippen molar-refractivity contribution in [1.82, 2.24) is 28.9 Å². The van der Waals surface area contributed by atoms with Crippen LogP contribution in [0, 0.1) is 0 Å². The standard InChI is InChI=1S/C17H17ClN6O/c1-17(2,3)13-8-24(21-20-13)14-15-22(4)16(25)11-7-10(18)5-6-12(11)23(15)9-19-14/h5-9H,1-4H3. The molecule has 4 rings (SSSR count). The van der Waals surface area contributed by atoms with E-state index in [-0.39, 0.29) is 11.0 Å². The summed E-state index contributed by atoms with van der Waals surface area (Å²) in [6.07, 6.45) is 3.53. The number of aromatic nitrogens is 6. The van der Waals surface area contributed by atoms with E-state index in [1.54, 1.807) is 34.8 Å². The molecule has 0 radical (unpaired) electrons. The van der Waals surface area contributed by atoms with Crippen molar-refractivity contribution in [2.45, 2.75) is 26.2 Å². The fourth-order valence-electron chi connectivity index (χ4n) is 2.86. The lowest BCUT2D eigenvalue weighted by molar-refractivity contribution is 0.566. The summed E-state index contributed by atoms with van der Waals surface area (Å²) in [6.45, 7) is 6.21. The van der Waals surface area contributed by atoms with Crippen LogP contribution >= 0.6 is 11.6 Å². The fraction of sp³-hybridized carbons (Fsp3) is 0.294. The summed E-state index contributed by atoms with van der Waals surface area (Å²) in [4.78, 5) is 17.2. The number of aryl methyl sites for hydroxylation is 1. The molecule has 0 aliphatic heterocycles. The third-order valence-electron chi connectivity index (χ3n) is 4.27. The first-order chi connectivity index (χ1) is 11.8. The first kappa shape index (κ1) is 15.8. The molecule has 0 spiro atoms. The Balaban J connectivity index is 2.05. The minimum absolute atomic E-state index is 0.122. The molecule has 0 N–H and O–H groups in total. The van der Waals surface area contributed by atoms with E-state index in [0.717, 1.165) is 11.2 Å². The van der Waals surface area contributed by atoms with E-state index >= 15 is 0 Å². The molecule has 0 saturated carbocycles. The van der Waals surface area contributed by atoms with Gasteiger partial charge in [0.05, 0.1) is 22.8 Å². The van der Waals surface area contributed by atoms with Crippen LogP contribution in [0.2, 0.25) is 5.02 Å². The van der Waals surface area contributed by atoms with E-state index in [2.05, 4.69) is 36.1 Å². The van der Waals surface area contributed by atoms with Crippen LogP contribution in [0.4, 0.5) is 0 Å². The van der Waals surface area contributed by atoms with E-state index < -0.39 is 0 Å². The maximum absolute atomic E-state index is 12.8. The lowest BCUT2D eigenvalue weighted by Gasteiger charge is -2.12. The van der Waals surface area contributed by atoms with Gasteiger partial charge in [0.15, 0.2) is 11.5 Å². The van der Waals surface area contributed by atoms with Gasteiger partial charge in [0.2, 0.25) is 0 Å². The predicted octanol–water partition coefficient (Wildman–Crippen LogP) is 2.72. The van der Waals surface area contributed by atoms with Crippen LogP contribution in [0.5, 0.6) is 0 Å². The largest absolute Gasteiger partial charge is 0.294 e. The zero-order valence-corrected chi connectivity index (χ0v) is 15.1. The van der Waals surface area contributed by atoms with E-state index in [0.29, 0.717) is 21.9 Å². The minimum Gasteiger partial charge on any atom is -0.294 e. The van der Waals surface area contributed by atoms with Crippen LogP contribution in [0.3, 0.4) is 0 Å². The molecule has 3 heterocycles. The average Bonchev–Trinajstić information content (AvgIpc) is 3.18. The van der Waals surface area contributed by atoms with Gasteiger partial charge in [-0.05, 0) is 18.2 Å². The molecule has 0 bridgehead atoms. The Hall–Kier alpha value is -2.67. The second-order valence-electron chi connectivity index (χ2n) is 7.09. The Kier molecular flexibility index (Phi) is 3.27. The topological polar surface area (TPSA) is 70.0 Å². The molecule has 0 aliphatic carbocycles. The summed E-state index contributed by atoms with van der Waals surface area (Å²) < 4.78 is 5.03. The Labute approximate surface area is 148 Å². The highest BCUT2D eigenvalue weighted by atomic mass is 35.5. The van der Waals surface area contributed by atoms with E-state index in [4.69, 9.17) is 11.6 Å². The number of nitrogens with zero attached hydrogens (tertiary/aromatic N) is 6. The van der Waals surface area contributed by atoms with Gasteiger partial charge in [0.1, 0.15) is 6.33 Å². The van der Waals surface area contributed by atoms with Gasteiger partial charge in [-0.3, -0.25) is 13.8 Å². The second kappa shape index (κ2) is 5.16. The highest BCUT2D eigenvalue weighted by Crippen LogP contribution is 2.23. The van der Waals surface area contributed by atoms with Crippen LogP contribution in [0.1, 0.15) is 26.5 Å². The van der Waals surface area contributed by atoms with Crippen molar-refractivity contribution in [3.63, 3.8) is 0 Å². The maximum Gasteiger partial charge on any atom is 0.261 e. The minimum atomic E-state index is -0.136. The van der Waals surface area contributed by atoms with E-state index in [1.165, 1.54) is 0 Å². The van der Waals surface area contributed by atoms with Gasteiger partial charge in [-0.25, -0.2) is 4.98 Å². The third kappa shape index (κ3) is 2.34. The monoisotopic (exact) mass is 356 g/mol. The van der Waals surface area contributed by atoms with Crippen LogP contribution < -0.4 is 5.56 Å². The summed E-state index contributed by atoms with van der Waals surface area (Å²) in [5, 5.41) is 9.50. The van der Waals surface area contributed by atoms with Crippen LogP contribution in [-0.4, -0.2) is 28.9 Å². The van der Waals surface area contributed by atoms with E-state index in [9.17, 15) is 4.79 Å². The van der Waals surface area contributed by atoms with Crippen molar-refractivity contribution in [3.8, 4) is 5.82 Å². The Morgan fingerprint density at radius 2 is 1.96 bits per heavy atom. The molecule has 0 fully saturated rings. The molecule has 4 aromatic rings. The number of hydrogen-bond donors (Lipinski definition) is 0.